The summed E-state index contributed by atoms with van der Waals surface area (Å²) in [4.78, 5) is 2.45. The summed E-state index contributed by atoms with van der Waals surface area (Å²) < 4.78 is 10.6. The van der Waals surface area contributed by atoms with Gasteiger partial charge in [-0.1, -0.05) is 0 Å². The first-order valence-corrected chi connectivity index (χ1v) is 6.03. The van der Waals surface area contributed by atoms with Gasteiger partial charge in [0.05, 0.1) is 14.2 Å². The number of hydrogen-bond donors (Lipinski definition) is 1. The third-order valence-corrected chi connectivity index (χ3v) is 3.72. The van der Waals surface area contributed by atoms with Gasteiger partial charge in [0.15, 0.2) is 0 Å². The number of hydrogen-bond acceptors (Lipinski definition) is 4. The van der Waals surface area contributed by atoms with Crippen molar-refractivity contribution in [3.05, 3.63) is 18.2 Å². The fourth-order valence-electron chi connectivity index (χ4n) is 2.84. The Morgan fingerprint density at radius 1 is 1.18 bits per heavy atom. The van der Waals surface area contributed by atoms with Crippen molar-refractivity contribution in [2.45, 2.75) is 18.5 Å². The molecule has 17 heavy (non-hydrogen) atoms. The van der Waals surface area contributed by atoms with Crippen LogP contribution in [0.4, 0.5) is 5.69 Å². The molecule has 2 atom stereocenters. The SMILES string of the molecule is COc1cc(OC)cc(N2CC3CC2CN3)c1. The number of fused-ring (bicyclic) bond motifs is 2. The number of benzene rings is 1. The van der Waals surface area contributed by atoms with Crippen LogP contribution in [0.3, 0.4) is 0 Å². The molecule has 92 valence electrons. The van der Waals surface area contributed by atoms with Gasteiger partial charge in [-0.25, -0.2) is 0 Å². The van der Waals surface area contributed by atoms with E-state index in [1.165, 1.54) is 12.1 Å². The maximum atomic E-state index is 5.31. The Morgan fingerprint density at radius 2 is 1.88 bits per heavy atom. The highest BCUT2D eigenvalue weighted by atomic mass is 16.5. The smallest absolute Gasteiger partial charge is 0.124 e. The number of rotatable bonds is 3. The van der Waals surface area contributed by atoms with E-state index < -0.39 is 0 Å². The molecule has 1 aromatic carbocycles. The van der Waals surface area contributed by atoms with Crippen LogP contribution >= 0.6 is 0 Å². The van der Waals surface area contributed by atoms with E-state index in [-0.39, 0.29) is 0 Å². The molecule has 2 aliphatic heterocycles. The molecule has 2 unspecified atom stereocenters. The minimum atomic E-state index is 0.622. The number of ether oxygens (including phenoxy) is 2. The number of nitrogens with zero attached hydrogens (tertiary/aromatic N) is 1. The van der Waals surface area contributed by atoms with Crippen LogP contribution in [-0.4, -0.2) is 39.4 Å². The van der Waals surface area contributed by atoms with Crippen LogP contribution in [-0.2, 0) is 0 Å². The first kappa shape index (κ1) is 10.7. The van der Waals surface area contributed by atoms with Crippen LogP contribution in [0.25, 0.3) is 0 Å². The highest BCUT2D eigenvalue weighted by Gasteiger charge is 2.37. The molecule has 2 fully saturated rings. The lowest BCUT2D eigenvalue weighted by atomic mass is 10.2. The van der Waals surface area contributed by atoms with E-state index >= 15 is 0 Å². The van der Waals surface area contributed by atoms with Gasteiger partial charge in [0.25, 0.3) is 0 Å². The van der Waals surface area contributed by atoms with Gasteiger partial charge >= 0.3 is 0 Å². The summed E-state index contributed by atoms with van der Waals surface area (Å²) in [5.41, 5.74) is 1.20. The number of anilines is 1. The molecular formula is C13H18N2O2. The maximum absolute atomic E-state index is 5.31. The summed E-state index contributed by atoms with van der Waals surface area (Å²) in [6, 6.07) is 7.36. The number of piperazine rings is 1. The van der Waals surface area contributed by atoms with Crippen molar-refractivity contribution in [3.63, 3.8) is 0 Å². The molecule has 1 N–H and O–H groups in total. The molecule has 0 amide bonds. The zero-order chi connectivity index (χ0) is 11.8. The first-order chi connectivity index (χ1) is 8.30. The Kier molecular flexibility index (Phi) is 2.59. The fourth-order valence-corrected chi connectivity index (χ4v) is 2.84. The zero-order valence-corrected chi connectivity index (χ0v) is 10.3. The van der Waals surface area contributed by atoms with E-state index in [0.29, 0.717) is 12.1 Å². The summed E-state index contributed by atoms with van der Waals surface area (Å²) in [5, 5.41) is 3.51. The Balaban J connectivity index is 1.91. The lowest BCUT2D eigenvalue weighted by Crippen LogP contribution is -2.43. The van der Waals surface area contributed by atoms with E-state index in [9.17, 15) is 0 Å². The van der Waals surface area contributed by atoms with E-state index in [0.717, 1.165) is 24.6 Å². The van der Waals surface area contributed by atoms with Crippen LogP contribution < -0.4 is 19.7 Å². The molecule has 4 nitrogen and oxygen atoms in total. The minimum Gasteiger partial charge on any atom is -0.497 e. The molecule has 4 heteroatoms. The summed E-state index contributed by atoms with van der Waals surface area (Å²) in [6.07, 6.45) is 1.25. The van der Waals surface area contributed by atoms with Crippen LogP contribution in [0, 0.1) is 0 Å². The summed E-state index contributed by atoms with van der Waals surface area (Å²) >= 11 is 0. The van der Waals surface area contributed by atoms with Crippen molar-refractivity contribution < 1.29 is 9.47 Å². The van der Waals surface area contributed by atoms with Gasteiger partial charge < -0.3 is 19.7 Å². The Hall–Kier alpha value is -1.42. The van der Waals surface area contributed by atoms with Crippen LogP contribution in [0.1, 0.15) is 6.42 Å². The van der Waals surface area contributed by atoms with Crippen molar-refractivity contribution in [3.8, 4) is 11.5 Å². The average molecular weight is 234 g/mol. The molecule has 0 saturated carbocycles. The molecule has 0 aromatic heterocycles. The highest BCUT2D eigenvalue weighted by molar-refractivity contribution is 5.57. The van der Waals surface area contributed by atoms with Gasteiger partial charge in [0, 0.05) is 49.1 Å². The second-order valence-electron chi connectivity index (χ2n) is 4.72. The van der Waals surface area contributed by atoms with E-state index in [1.54, 1.807) is 14.2 Å². The molecule has 0 radical (unpaired) electrons. The second-order valence-corrected chi connectivity index (χ2v) is 4.72. The van der Waals surface area contributed by atoms with Crippen LogP contribution in [0.5, 0.6) is 11.5 Å². The van der Waals surface area contributed by atoms with E-state index in [1.807, 2.05) is 6.07 Å². The summed E-state index contributed by atoms with van der Waals surface area (Å²) in [6.45, 7) is 2.17. The van der Waals surface area contributed by atoms with Gasteiger partial charge in [-0.2, -0.15) is 0 Å². The monoisotopic (exact) mass is 234 g/mol. The van der Waals surface area contributed by atoms with Crippen molar-refractivity contribution in [2.24, 2.45) is 0 Å². The molecular weight excluding hydrogens is 216 g/mol. The van der Waals surface area contributed by atoms with Crippen LogP contribution in [0.2, 0.25) is 0 Å². The number of nitrogens with one attached hydrogen (secondary N) is 1. The van der Waals surface area contributed by atoms with Crippen molar-refractivity contribution in [2.75, 3.05) is 32.2 Å². The topological polar surface area (TPSA) is 33.7 Å². The maximum Gasteiger partial charge on any atom is 0.124 e. The second kappa shape index (κ2) is 4.11. The molecule has 0 aliphatic carbocycles. The molecule has 3 rings (SSSR count). The van der Waals surface area contributed by atoms with Gasteiger partial charge in [-0.05, 0) is 6.42 Å². The molecule has 2 aliphatic rings. The van der Waals surface area contributed by atoms with Gasteiger partial charge in [-0.3, -0.25) is 0 Å². The molecule has 0 spiro atoms. The fraction of sp³-hybridized carbons (Fsp3) is 0.538. The summed E-state index contributed by atoms with van der Waals surface area (Å²) in [5.74, 6) is 1.71. The lowest BCUT2D eigenvalue weighted by Gasteiger charge is -2.30. The number of methoxy groups -OCH3 is 2. The van der Waals surface area contributed by atoms with Gasteiger partial charge in [-0.15, -0.1) is 0 Å². The Bertz CT molecular complexity index is 400. The van der Waals surface area contributed by atoms with Gasteiger partial charge in [0.1, 0.15) is 11.5 Å². The van der Waals surface area contributed by atoms with Crippen molar-refractivity contribution >= 4 is 5.69 Å². The summed E-state index contributed by atoms with van der Waals surface area (Å²) in [7, 11) is 3.38. The third-order valence-electron chi connectivity index (χ3n) is 3.72. The quantitative estimate of drug-likeness (QED) is 0.853. The minimum absolute atomic E-state index is 0.622. The third kappa shape index (κ3) is 1.82. The van der Waals surface area contributed by atoms with E-state index in [4.69, 9.17) is 9.47 Å². The Labute approximate surface area is 102 Å². The van der Waals surface area contributed by atoms with E-state index in [2.05, 4.69) is 22.3 Å². The molecule has 1 aromatic rings. The predicted octanol–water partition coefficient (Wildman–Crippen LogP) is 1.25. The van der Waals surface area contributed by atoms with Gasteiger partial charge in [0.2, 0.25) is 0 Å². The van der Waals surface area contributed by atoms with Crippen LogP contribution in [0.15, 0.2) is 18.2 Å². The largest absolute Gasteiger partial charge is 0.497 e. The van der Waals surface area contributed by atoms with Crippen molar-refractivity contribution in [1.82, 2.24) is 5.32 Å². The molecule has 2 heterocycles. The normalized spacial score (nSPS) is 26.4. The zero-order valence-electron chi connectivity index (χ0n) is 10.3. The Morgan fingerprint density at radius 3 is 2.35 bits per heavy atom. The lowest BCUT2D eigenvalue weighted by molar-refractivity contribution is 0.394. The highest BCUT2D eigenvalue weighted by Crippen LogP contribution is 2.34. The predicted molar refractivity (Wildman–Crippen MR) is 67.1 cm³/mol. The molecule has 2 saturated heterocycles. The average Bonchev–Trinajstić information content (AvgIpc) is 3.00. The molecule has 2 bridgehead atoms. The van der Waals surface area contributed by atoms with Crippen molar-refractivity contribution in [1.29, 1.82) is 0 Å². The first-order valence-electron chi connectivity index (χ1n) is 6.03. The standard InChI is InChI=1S/C13H18N2O2/c1-16-12-4-10(5-13(6-12)17-2)15-8-9-3-11(15)7-14-9/h4-6,9,11,14H,3,7-8H2,1-2H3.